The van der Waals surface area contributed by atoms with E-state index in [2.05, 4.69) is 39.2 Å². The Bertz CT molecular complexity index is 1190. The molecule has 1 saturated heterocycles. The number of aliphatic imine (C=N–C) groups is 1. The predicted octanol–water partition coefficient (Wildman–Crippen LogP) is 4.06. The van der Waals surface area contributed by atoms with E-state index < -0.39 is 0 Å². The number of anilines is 3. The second kappa shape index (κ2) is 13.6. The van der Waals surface area contributed by atoms with Crippen molar-refractivity contribution in [3.05, 3.63) is 72.6 Å². The van der Waals surface area contributed by atoms with E-state index in [1.165, 1.54) is 6.42 Å². The lowest BCUT2D eigenvalue weighted by molar-refractivity contribution is -0.138. The van der Waals surface area contributed by atoms with Crippen LogP contribution in [0, 0.1) is 5.92 Å². The average molecular weight is 531 g/mol. The molecule has 1 aliphatic carbocycles. The first kappa shape index (κ1) is 27.9. The smallest absolute Gasteiger partial charge is 0.226 e. The van der Waals surface area contributed by atoms with Crippen molar-refractivity contribution in [2.75, 3.05) is 55.4 Å². The maximum Gasteiger partial charge on any atom is 0.226 e. The van der Waals surface area contributed by atoms with Crippen LogP contribution in [-0.4, -0.2) is 62.8 Å². The molecule has 0 aromatic heterocycles. The minimum absolute atomic E-state index is 0.101. The maximum atomic E-state index is 12.5. The molecule has 9 nitrogen and oxygen atoms in total. The highest BCUT2D eigenvalue weighted by molar-refractivity contribution is 5.91. The Morgan fingerprint density at radius 3 is 2.28 bits per heavy atom. The molecule has 39 heavy (non-hydrogen) atoms. The van der Waals surface area contributed by atoms with Crippen molar-refractivity contribution in [2.45, 2.75) is 25.7 Å². The van der Waals surface area contributed by atoms with E-state index in [1.807, 2.05) is 29.2 Å². The molecule has 0 radical (unpaired) electrons. The van der Waals surface area contributed by atoms with Gasteiger partial charge in [0.1, 0.15) is 5.82 Å². The molecule has 0 spiro atoms. The first-order chi connectivity index (χ1) is 18.9. The number of nitrogens with one attached hydrogen (secondary N) is 2. The monoisotopic (exact) mass is 530 g/mol. The zero-order chi connectivity index (χ0) is 27.6. The standard InChI is InChI=1S/C30H38N6O3/c1-22(32-16-14-28(31)23-6-8-26(9-7-23)34-29(37)15-21-39-2)33-25-10-12-27(13-11-25)35-17-19-36(20-18-35)30(38)24-4-3-5-24/h6-14,16,24,33H,1,3-5,15,17-21,31H2,2H3,(H,34,37)/b28-14-,32-16?. The summed E-state index contributed by atoms with van der Waals surface area (Å²) in [5, 5.41) is 6.01. The summed E-state index contributed by atoms with van der Waals surface area (Å²) >= 11 is 0. The lowest BCUT2D eigenvalue weighted by Gasteiger charge is -2.39. The number of carbonyl (C=O) groups is 2. The van der Waals surface area contributed by atoms with Gasteiger partial charge in [0.15, 0.2) is 0 Å². The molecular weight excluding hydrogens is 492 g/mol. The molecule has 0 unspecified atom stereocenters. The summed E-state index contributed by atoms with van der Waals surface area (Å²) in [4.78, 5) is 33.0. The largest absolute Gasteiger partial charge is 0.398 e. The van der Waals surface area contributed by atoms with Gasteiger partial charge in [-0.2, -0.15) is 0 Å². The fourth-order valence-corrected chi connectivity index (χ4v) is 4.52. The molecule has 9 heteroatoms. The second-order valence-corrected chi connectivity index (χ2v) is 9.83. The summed E-state index contributed by atoms with van der Waals surface area (Å²) in [6.07, 6.45) is 6.91. The maximum absolute atomic E-state index is 12.5. The predicted molar refractivity (Wildman–Crippen MR) is 158 cm³/mol. The summed E-state index contributed by atoms with van der Waals surface area (Å²) in [6.45, 7) is 7.62. The molecule has 0 bridgehead atoms. The summed E-state index contributed by atoms with van der Waals surface area (Å²) < 4.78 is 4.91. The minimum atomic E-state index is -0.101. The summed E-state index contributed by atoms with van der Waals surface area (Å²) in [5.41, 5.74) is 10.3. The van der Waals surface area contributed by atoms with Crippen LogP contribution < -0.4 is 21.3 Å². The Kier molecular flexibility index (Phi) is 9.74. The Morgan fingerprint density at radius 1 is 1.03 bits per heavy atom. The Balaban J connectivity index is 1.22. The van der Waals surface area contributed by atoms with Gasteiger partial charge in [-0.1, -0.05) is 25.1 Å². The quantitative estimate of drug-likeness (QED) is 0.378. The van der Waals surface area contributed by atoms with Crippen LogP contribution in [0.4, 0.5) is 17.1 Å². The van der Waals surface area contributed by atoms with Gasteiger partial charge in [-0.3, -0.25) is 9.59 Å². The number of allylic oxidation sites excluding steroid dienone is 1. The lowest BCUT2D eigenvalue weighted by Crippen LogP contribution is -2.51. The molecule has 2 fully saturated rings. The first-order valence-electron chi connectivity index (χ1n) is 13.4. The summed E-state index contributed by atoms with van der Waals surface area (Å²) in [5.74, 6) is 0.997. The van der Waals surface area contributed by atoms with Crippen LogP contribution >= 0.6 is 0 Å². The molecule has 4 N–H and O–H groups in total. The fourth-order valence-electron chi connectivity index (χ4n) is 4.52. The van der Waals surface area contributed by atoms with Crippen molar-refractivity contribution < 1.29 is 14.3 Å². The molecule has 1 heterocycles. The second-order valence-electron chi connectivity index (χ2n) is 9.83. The third kappa shape index (κ3) is 7.94. The molecule has 206 valence electrons. The van der Waals surface area contributed by atoms with E-state index >= 15 is 0 Å². The zero-order valence-electron chi connectivity index (χ0n) is 22.6. The third-order valence-electron chi connectivity index (χ3n) is 7.09. The van der Waals surface area contributed by atoms with Gasteiger partial charge in [0.25, 0.3) is 0 Å². The van der Waals surface area contributed by atoms with Crippen LogP contribution in [0.25, 0.3) is 5.70 Å². The molecule has 0 atom stereocenters. The Morgan fingerprint density at radius 2 is 1.67 bits per heavy atom. The van der Waals surface area contributed by atoms with Gasteiger partial charge in [0.2, 0.25) is 11.8 Å². The van der Waals surface area contributed by atoms with Gasteiger partial charge >= 0.3 is 0 Å². The average Bonchev–Trinajstić information content (AvgIpc) is 2.92. The van der Waals surface area contributed by atoms with Crippen molar-refractivity contribution >= 4 is 40.8 Å². The molecule has 2 amide bonds. The SMILES string of the molecule is C=C(N=C/C=C(\N)c1ccc(NC(=O)CCOC)cc1)Nc1ccc(N2CCN(C(=O)C3CCC3)CC2)cc1. The number of hydrogen-bond donors (Lipinski definition) is 3. The van der Waals surface area contributed by atoms with Crippen LogP contribution in [0.15, 0.2) is 72.0 Å². The van der Waals surface area contributed by atoms with Crippen LogP contribution in [0.3, 0.4) is 0 Å². The van der Waals surface area contributed by atoms with Gasteiger partial charge < -0.3 is 30.9 Å². The Hall–Kier alpha value is -4.11. The van der Waals surface area contributed by atoms with Crippen LogP contribution in [-0.2, 0) is 14.3 Å². The summed E-state index contributed by atoms with van der Waals surface area (Å²) in [6, 6.07) is 15.4. The van der Waals surface area contributed by atoms with Gasteiger partial charge in [0, 0.05) is 68.2 Å². The van der Waals surface area contributed by atoms with Crippen molar-refractivity contribution in [2.24, 2.45) is 16.6 Å². The molecule has 1 saturated carbocycles. The number of piperazine rings is 1. The highest BCUT2D eigenvalue weighted by atomic mass is 16.5. The van der Waals surface area contributed by atoms with Crippen molar-refractivity contribution in [3.63, 3.8) is 0 Å². The number of benzene rings is 2. The van der Waals surface area contributed by atoms with E-state index in [4.69, 9.17) is 10.5 Å². The van der Waals surface area contributed by atoms with Crippen LogP contribution in [0.1, 0.15) is 31.2 Å². The van der Waals surface area contributed by atoms with Crippen molar-refractivity contribution in [1.82, 2.24) is 4.90 Å². The van der Waals surface area contributed by atoms with Gasteiger partial charge in [-0.05, 0) is 60.9 Å². The summed E-state index contributed by atoms with van der Waals surface area (Å²) in [7, 11) is 1.56. The molecular formula is C30H38N6O3. The van der Waals surface area contributed by atoms with E-state index in [-0.39, 0.29) is 11.8 Å². The number of hydrogen-bond acceptors (Lipinski definition) is 7. The van der Waals surface area contributed by atoms with E-state index in [0.29, 0.717) is 36.1 Å². The third-order valence-corrected chi connectivity index (χ3v) is 7.09. The number of ether oxygens (including phenoxy) is 1. The van der Waals surface area contributed by atoms with E-state index in [9.17, 15) is 9.59 Å². The van der Waals surface area contributed by atoms with Gasteiger partial charge in [-0.15, -0.1) is 0 Å². The molecule has 2 aliphatic rings. The number of nitrogens with two attached hydrogens (primary N) is 1. The molecule has 2 aromatic carbocycles. The first-order valence-corrected chi connectivity index (χ1v) is 13.4. The molecule has 1 aliphatic heterocycles. The fraction of sp³-hybridized carbons (Fsp3) is 0.367. The molecule has 4 rings (SSSR count). The van der Waals surface area contributed by atoms with Gasteiger partial charge in [-0.25, -0.2) is 4.99 Å². The van der Waals surface area contributed by atoms with Crippen molar-refractivity contribution in [1.29, 1.82) is 0 Å². The normalized spacial score (nSPS) is 16.2. The highest BCUT2D eigenvalue weighted by Gasteiger charge is 2.31. The number of amides is 2. The number of carbonyl (C=O) groups excluding carboxylic acids is 2. The highest BCUT2D eigenvalue weighted by Crippen LogP contribution is 2.29. The topological polar surface area (TPSA) is 112 Å². The van der Waals surface area contributed by atoms with Gasteiger partial charge in [0.05, 0.1) is 13.0 Å². The van der Waals surface area contributed by atoms with E-state index in [0.717, 1.165) is 56.0 Å². The van der Waals surface area contributed by atoms with Crippen LogP contribution in [0.2, 0.25) is 0 Å². The van der Waals surface area contributed by atoms with E-state index in [1.54, 1.807) is 31.5 Å². The number of methoxy groups -OCH3 is 1. The molecule has 2 aromatic rings. The number of nitrogens with zero attached hydrogens (tertiary/aromatic N) is 3. The lowest BCUT2D eigenvalue weighted by atomic mass is 9.84. The Labute approximate surface area is 230 Å². The minimum Gasteiger partial charge on any atom is -0.398 e. The number of rotatable bonds is 11. The zero-order valence-corrected chi connectivity index (χ0v) is 22.6. The van der Waals surface area contributed by atoms with Crippen molar-refractivity contribution in [3.8, 4) is 0 Å². The van der Waals surface area contributed by atoms with Crippen LogP contribution in [0.5, 0.6) is 0 Å².